The first-order valence-electron chi connectivity index (χ1n) is 9.93. The Labute approximate surface area is 171 Å². The Morgan fingerprint density at radius 2 is 2.10 bits per heavy atom. The van der Waals surface area contributed by atoms with Gasteiger partial charge in [0.2, 0.25) is 0 Å². The number of rotatable bonds is 6. The molecule has 3 aromatic rings. The first-order chi connectivity index (χ1) is 14.1. The predicted molar refractivity (Wildman–Crippen MR) is 112 cm³/mol. The molecule has 0 amide bonds. The monoisotopic (exact) mass is 393 g/mol. The van der Waals surface area contributed by atoms with Gasteiger partial charge in [0.25, 0.3) is 0 Å². The van der Waals surface area contributed by atoms with Gasteiger partial charge in [0, 0.05) is 37.9 Å². The molecule has 1 unspecified atom stereocenters. The van der Waals surface area contributed by atoms with Crippen LogP contribution < -0.4 is 9.64 Å². The summed E-state index contributed by atoms with van der Waals surface area (Å²) in [5.74, 6) is 2.48. The molecule has 1 N–H and O–H groups in total. The minimum atomic E-state index is -0.204. The van der Waals surface area contributed by atoms with Crippen molar-refractivity contribution >= 4 is 5.82 Å². The van der Waals surface area contributed by atoms with Crippen LogP contribution in [0.4, 0.5) is 5.82 Å². The van der Waals surface area contributed by atoms with E-state index in [2.05, 4.69) is 32.2 Å². The summed E-state index contributed by atoms with van der Waals surface area (Å²) in [6.45, 7) is 1.80. The fourth-order valence-corrected chi connectivity index (χ4v) is 4.17. The molecule has 0 bridgehead atoms. The molecule has 3 heterocycles. The Bertz CT molecular complexity index is 956. The van der Waals surface area contributed by atoms with Gasteiger partial charge in [0.1, 0.15) is 11.4 Å². The molecule has 152 valence electrons. The highest BCUT2D eigenvalue weighted by Crippen LogP contribution is 2.35. The second kappa shape index (κ2) is 8.21. The van der Waals surface area contributed by atoms with Crippen molar-refractivity contribution in [1.82, 2.24) is 19.7 Å². The van der Waals surface area contributed by atoms with Crippen LogP contribution in [0.5, 0.6) is 5.75 Å². The molecule has 0 saturated carbocycles. The molecule has 1 aliphatic rings. The van der Waals surface area contributed by atoms with Gasteiger partial charge >= 0.3 is 0 Å². The molecule has 0 aliphatic carbocycles. The van der Waals surface area contributed by atoms with Crippen LogP contribution in [0.15, 0.2) is 48.8 Å². The number of aromatic nitrogens is 4. The van der Waals surface area contributed by atoms with Crippen molar-refractivity contribution in [2.75, 3.05) is 31.7 Å². The van der Waals surface area contributed by atoms with E-state index in [1.165, 1.54) is 5.56 Å². The van der Waals surface area contributed by atoms with E-state index >= 15 is 0 Å². The number of aliphatic hydroxyl groups excluding tert-OH is 1. The lowest BCUT2D eigenvalue weighted by Gasteiger charge is -2.42. The molecule has 29 heavy (non-hydrogen) atoms. The zero-order valence-corrected chi connectivity index (χ0v) is 17.0. The molecule has 2 aromatic heterocycles. The topological polar surface area (TPSA) is 76.3 Å². The van der Waals surface area contributed by atoms with Crippen LogP contribution in [-0.2, 0) is 13.5 Å². The van der Waals surface area contributed by atoms with Crippen LogP contribution in [0, 0.1) is 5.41 Å². The summed E-state index contributed by atoms with van der Waals surface area (Å²) in [6.07, 6.45) is 6.44. The Hall–Kier alpha value is -2.93. The number of hydrogen-bond acceptors (Lipinski definition) is 6. The van der Waals surface area contributed by atoms with E-state index in [-0.39, 0.29) is 12.0 Å². The molecular formula is C22H27N5O2. The molecule has 1 fully saturated rings. The van der Waals surface area contributed by atoms with Crippen molar-refractivity contribution in [2.45, 2.75) is 19.3 Å². The van der Waals surface area contributed by atoms with Gasteiger partial charge in [-0.25, -0.2) is 4.98 Å². The van der Waals surface area contributed by atoms with Crippen molar-refractivity contribution in [2.24, 2.45) is 12.5 Å². The third kappa shape index (κ3) is 4.10. The first kappa shape index (κ1) is 19.4. The van der Waals surface area contributed by atoms with E-state index in [4.69, 9.17) is 4.74 Å². The van der Waals surface area contributed by atoms with Crippen LogP contribution in [0.2, 0.25) is 0 Å². The van der Waals surface area contributed by atoms with Gasteiger partial charge in [0.15, 0.2) is 11.6 Å². The molecule has 1 saturated heterocycles. The minimum absolute atomic E-state index is 0.138. The van der Waals surface area contributed by atoms with Gasteiger partial charge in [-0.15, -0.1) is 10.2 Å². The quantitative estimate of drug-likeness (QED) is 0.694. The number of piperidine rings is 1. The highest BCUT2D eigenvalue weighted by molar-refractivity contribution is 5.52. The predicted octanol–water partition coefficient (Wildman–Crippen LogP) is 2.71. The van der Waals surface area contributed by atoms with Gasteiger partial charge in [-0.05, 0) is 49.1 Å². The number of benzene rings is 1. The Kier molecular flexibility index (Phi) is 5.49. The van der Waals surface area contributed by atoms with Crippen LogP contribution >= 0.6 is 0 Å². The standard InChI is InChI=1S/C22H27N5O2/c1-26-12-10-23-21(26)19-7-8-20(25-24-19)27-11-4-9-22(15-27,16-28)14-17-5-3-6-18(13-17)29-2/h3,5-8,10,12-13,28H,4,9,11,14-16H2,1-2H3. The summed E-state index contributed by atoms with van der Waals surface area (Å²) in [7, 11) is 3.62. The molecule has 7 heteroatoms. The van der Waals surface area contributed by atoms with Crippen LogP contribution in [0.1, 0.15) is 18.4 Å². The summed E-state index contributed by atoms with van der Waals surface area (Å²) >= 11 is 0. The number of hydrogen-bond donors (Lipinski definition) is 1. The van der Waals surface area contributed by atoms with E-state index in [1.807, 2.05) is 42.1 Å². The Morgan fingerprint density at radius 1 is 1.21 bits per heavy atom. The third-order valence-electron chi connectivity index (χ3n) is 5.73. The number of methoxy groups -OCH3 is 1. The van der Waals surface area contributed by atoms with Gasteiger partial charge in [-0.2, -0.15) is 0 Å². The Balaban J connectivity index is 1.52. The molecule has 7 nitrogen and oxygen atoms in total. The molecule has 1 atom stereocenters. The SMILES string of the molecule is COc1cccc(CC2(CO)CCCN(c3ccc(-c4nccn4C)nn3)C2)c1. The van der Waals surface area contributed by atoms with Crippen LogP contribution in [-0.4, -0.2) is 51.7 Å². The summed E-state index contributed by atoms with van der Waals surface area (Å²) in [5, 5.41) is 19.1. The van der Waals surface area contributed by atoms with Gasteiger partial charge in [-0.3, -0.25) is 0 Å². The summed E-state index contributed by atoms with van der Waals surface area (Å²) < 4.78 is 7.28. The molecule has 0 radical (unpaired) electrons. The summed E-state index contributed by atoms with van der Waals surface area (Å²) in [6, 6.07) is 12.1. The Morgan fingerprint density at radius 3 is 2.79 bits per heavy atom. The minimum Gasteiger partial charge on any atom is -0.497 e. The van der Waals surface area contributed by atoms with Crippen LogP contribution in [0.25, 0.3) is 11.5 Å². The number of aliphatic hydroxyl groups is 1. The second-order valence-corrected chi connectivity index (χ2v) is 7.85. The maximum absolute atomic E-state index is 10.3. The smallest absolute Gasteiger partial charge is 0.160 e. The zero-order chi connectivity index (χ0) is 20.3. The van der Waals surface area contributed by atoms with E-state index in [1.54, 1.807) is 13.3 Å². The van der Waals surface area contributed by atoms with Crippen molar-refractivity contribution in [3.8, 4) is 17.3 Å². The largest absolute Gasteiger partial charge is 0.497 e. The maximum Gasteiger partial charge on any atom is 0.160 e. The van der Waals surface area contributed by atoms with E-state index in [0.29, 0.717) is 0 Å². The first-order valence-corrected chi connectivity index (χ1v) is 9.93. The molecule has 1 aromatic carbocycles. The summed E-state index contributed by atoms with van der Waals surface area (Å²) in [4.78, 5) is 6.56. The number of ether oxygens (including phenoxy) is 1. The van der Waals surface area contributed by atoms with E-state index < -0.39 is 0 Å². The lowest BCUT2D eigenvalue weighted by molar-refractivity contribution is 0.105. The number of imidazole rings is 1. The average molecular weight is 393 g/mol. The highest BCUT2D eigenvalue weighted by atomic mass is 16.5. The fourth-order valence-electron chi connectivity index (χ4n) is 4.17. The van der Waals surface area contributed by atoms with Crippen molar-refractivity contribution < 1.29 is 9.84 Å². The second-order valence-electron chi connectivity index (χ2n) is 7.85. The third-order valence-corrected chi connectivity index (χ3v) is 5.73. The van der Waals surface area contributed by atoms with Gasteiger partial charge in [0.05, 0.1) is 13.7 Å². The molecule has 1 aliphatic heterocycles. The van der Waals surface area contributed by atoms with E-state index in [9.17, 15) is 5.11 Å². The highest BCUT2D eigenvalue weighted by Gasteiger charge is 2.36. The zero-order valence-electron chi connectivity index (χ0n) is 17.0. The lowest BCUT2D eigenvalue weighted by atomic mass is 9.75. The molecule has 0 spiro atoms. The van der Waals surface area contributed by atoms with E-state index in [0.717, 1.165) is 55.4 Å². The molecular weight excluding hydrogens is 366 g/mol. The summed E-state index contributed by atoms with van der Waals surface area (Å²) in [5.41, 5.74) is 1.73. The normalized spacial score (nSPS) is 19.3. The maximum atomic E-state index is 10.3. The van der Waals surface area contributed by atoms with Crippen molar-refractivity contribution in [1.29, 1.82) is 0 Å². The lowest BCUT2D eigenvalue weighted by Crippen LogP contribution is -2.47. The van der Waals surface area contributed by atoms with Crippen molar-refractivity contribution in [3.05, 3.63) is 54.4 Å². The number of aryl methyl sites for hydroxylation is 1. The molecule has 4 rings (SSSR count). The van der Waals surface area contributed by atoms with Gasteiger partial charge < -0.3 is 19.3 Å². The number of nitrogens with zero attached hydrogens (tertiary/aromatic N) is 5. The fraction of sp³-hybridized carbons (Fsp3) is 0.409. The number of anilines is 1. The van der Waals surface area contributed by atoms with Crippen molar-refractivity contribution in [3.63, 3.8) is 0 Å². The van der Waals surface area contributed by atoms with Crippen LogP contribution in [0.3, 0.4) is 0 Å². The van der Waals surface area contributed by atoms with Gasteiger partial charge in [-0.1, -0.05) is 12.1 Å². The average Bonchev–Trinajstić information content (AvgIpc) is 3.20.